The van der Waals surface area contributed by atoms with E-state index in [1.54, 1.807) is 0 Å². The van der Waals surface area contributed by atoms with E-state index >= 15 is 0 Å². The number of nitrogens with two attached hydrogens (primary N) is 1. The second-order valence-electron chi connectivity index (χ2n) is 6.10. The minimum atomic E-state index is -1.34. The van der Waals surface area contributed by atoms with Gasteiger partial charge in [0, 0.05) is 6.04 Å². The van der Waals surface area contributed by atoms with Crippen molar-refractivity contribution >= 4 is 11.7 Å². The molecule has 0 heterocycles. The average Bonchev–Trinajstić information content (AvgIpc) is 2.46. The van der Waals surface area contributed by atoms with Crippen LogP contribution in [0.2, 0.25) is 0 Å². The van der Waals surface area contributed by atoms with Gasteiger partial charge in [-0.1, -0.05) is 44.2 Å². The Bertz CT molecular complexity index is 488. The minimum Gasteiger partial charge on any atom is -0.382 e. The first-order chi connectivity index (χ1) is 10.3. The van der Waals surface area contributed by atoms with Crippen LogP contribution in [0.25, 0.3) is 0 Å². The molecule has 4 N–H and O–H groups in total. The van der Waals surface area contributed by atoms with Crippen LogP contribution in [-0.4, -0.2) is 35.0 Å². The summed E-state index contributed by atoms with van der Waals surface area (Å²) in [4.78, 5) is 23.6. The summed E-state index contributed by atoms with van der Waals surface area (Å²) in [6.07, 6.45) is -0.402. The molecule has 0 fully saturated rings. The fraction of sp³-hybridized carbons (Fsp3) is 0.529. The summed E-state index contributed by atoms with van der Waals surface area (Å²) in [7, 11) is 0. The summed E-state index contributed by atoms with van der Waals surface area (Å²) in [5.41, 5.74) is 6.86. The van der Waals surface area contributed by atoms with Crippen LogP contribution >= 0.6 is 0 Å². The predicted octanol–water partition coefficient (Wildman–Crippen LogP) is 1.04. The summed E-state index contributed by atoms with van der Waals surface area (Å²) in [5, 5.41) is 12.7. The Labute approximate surface area is 131 Å². The first-order valence-electron chi connectivity index (χ1n) is 7.59. The van der Waals surface area contributed by atoms with Crippen molar-refractivity contribution < 1.29 is 14.7 Å². The number of hydrogen-bond acceptors (Lipinski definition) is 4. The van der Waals surface area contributed by atoms with Crippen molar-refractivity contribution in [2.45, 2.75) is 51.8 Å². The van der Waals surface area contributed by atoms with Gasteiger partial charge in [-0.3, -0.25) is 9.59 Å². The molecule has 5 nitrogen and oxygen atoms in total. The van der Waals surface area contributed by atoms with E-state index < -0.39 is 24.1 Å². The number of carbonyl (C=O) groups excluding carboxylic acids is 2. The summed E-state index contributed by atoms with van der Waals surface area (Å²) in [6, 6.07) is 8.14. The Morgan fingerprint density at radius 3 is 2.32 bits per heavy atom. The molecule has 5 heteroatoms. The number of aliphatic hydroxyl groups is 1. The van der Waals surface area contributed by atoms with Crippen molar-refractivity contribution in [1.82, 2.24) is 5.32 Å². The first-order valence-corrected chi connectivity index (χ1v) is 7.59. The number of rotatable bonds is 8. The van der Waals surface area contributed by atoms with E-state index in [1.807, 2.05) is 44.2 Å². The zero-order valence-corrected chi connectivity index (χ0v) is 13.5. The van der Waals surface area contributed by atoms with Crippen molar-refractivity contribution in [3.05, 3.63) is 35.9 Å². The standard InChI is InChI=1S/C17H26N2O3/c1-11(2)9-15(12(3)20)19-17(22)16(21)14(18)10-13-7-5-4-6-8-13/h4-8,11,14-16,21H,9-10,18H2,1-3H3,(H,19,22). The van der Waals surface area contributed by atoms with Crippen molar-refractivity contribution in [2.24, 2.45) is 11.7 Å². The number of amides is 1. The van der Waals surface area contributed by atoms with Crippen molar-refractivity contribution in [3.8, 4) is 0 Å². The number of ketones is 1. The van der Waals surface area contributed by atoms with Gasteiger partial charge in [0.1, 0.15) is 6.10 Å². The molecule has 1 amide bonds. The van der Waals surface area contributed by atoms with Gasteiger partial charge in [0.25, 0.3) is 5.91 Å². The van der Waals surface area contributed by atoms with Gasteiger partial charge in [0.05, 0.1) is 6.04 Å². The highest BCUT2D eigenvalue weighted by atomic mass is 16.3. The number of carbonyl (C=O) groups is 2. The van der Waals surface area contributed by atoms with Gasteiger partial charge in [0.15, 0.2) is 5.78 Å². The molecule has 0 aliphatic carbocycles. The van der Waals surface area contributed by atoms with Gasteiger partial charge < -0.3 is 16.2 Å². The SMILES string of the molecule is CC(=O)C(CC(C)C)NC(=O)C(O)C(N)Cc1ccccc1. The maximum absolute atomic E-state index is 12.1. The zero-order chi connectivity index (χ0) is 16.7. The predicted molar refractivity (Wildman–Crippen MR) is 86.2 cm³/mol. The van der Waals surface area contributed by atoms with Crippen LogP contribution < -0.4 is 11.1 Å². The molecule has 0 aliphatic rings. The highest BCUT2D eigenvalue weighted by Crippen LogP contribution is 2.08. The number of nitrogens with one attached hydrogen (secondary N) is 1. The molecule has 0 saturated carbocycles. The Hall–Kier alpha value is -1.72. The second kappa shape index (κ2) is 8.66. The normalized spacial score (nSPS) is 15.2. The molecule has 22 heavy (non-hydrogen) atoms. The maximum atomic E-state index is 12.1. The van der Waals surface area contributed by atoms with Gasteiger partial charge in [-0.2, -0.15) is 0 Å². The summed E-state index contributed by atoms with van der Waals surface area (Å²) in [6.45, 7) is 5.38. The number of Topliss-reactive ketones (excluding diaryl/α,β-unsaturated/α-hetero) is 1. The van der Waals surface area contributed by atoms with Crippen LogP contribution in [0.5, 0.6) is 0 Å². The molecule has 0 radical (unpaired) electrons. The number of hydrogen-bond donors (Lipinski definition) is 3. The quantitative estimate of drug-likeness (QED) is 0.669. The highest BCUT2D eigenvalue weighted by Gasteiger charge is 2.27. The molecule has 0 aliphatic heterocycles. The van der Waals surface area contributed by atoms with E-state index in [0.717, 1.165) is 5.56 Å². The number of aliphatic hydroxyl groups excluding tert-OH is 1. The van der Waals surface area contributed by atoms with E-state index in [0.29, 0.717) is 12.8 Å². The van der Waals surface area contributed by atoms with Gasteiger partial charge >= 0.3 is 0 Å². The molecule has 1 rings (SSSR count). The van der Waals surface area contributed by atoms with E-state index in [-0.39, 0.29) is 11.7 Å². The minimum absolute atomic E-state index is 0.120. The van der Waals surface area contributed by atoms with E-state index in [9.17, 15) is 14.7 Å². The summed E-state index contributed by atoms with van der Waals surface area (Å²) in [5.74, 6) is -0.445. The van der Waals surface area contributed by atoms with Crippen LogP contribution in [0, 0.1) is 5.92 Å². The van der Waals surface area contributed by atoms with Crippen LogP contribution in [0.15, 0.2) is 30.3 Å². The molecular formula is C17H26N2O3. The Morgan fingerprint density at radius 2 is 1.82 bits per heavy atom. The molecule has 1 aromatic rings. The van der Waals surface area contributed by atoms with Gasteiger partial charge in [-0.25, -0.2) is 0 Å². The largest absolute Gasteiger partial charge is 0.382 e. The Balaban J connectivity index is 2.61. The third-order valence-corrected chi connectivity index (χ3v) is 3.50. The Morgan fingerprint density at radius 1 is 1.23 bits per heavy atom. The molecule has 1 aromatic carbocycles. The van der Waals surface area contributed by atoms with Gasteiger partial charge in [0.2, 0.25) is 0 Å². The summed E-state index contributed by atoms with van der Waals surface area (Å²) < 4.78 is 0. The fourth-order valence-electron chi connectivity index (χ4n) is 2.25. The van der Waals surface area contributed by atoms with Crippen molar-refractivity contribution in [3.63, 3.8) is 0 Å². The molecule has 122 valence electrons. The molecule has 0 spiro atoms. The lowest BCUT2D eigenvalue weighted by atomic mass is 9.98. The van der Waals surface area contributed by atoms with Gasteiger partial charge in [-0.05, 0) is 31.2 Å². The third-order valence-electron chi connectivity index (χ3n) is 3.50. The molecule has 3 atom stereocenters. The monoisotopic (exact) mass is 306 g/mol. The summed E-state index contributed by atoms with van der Waals surface area (Å²) >= 11 is 0. The Kier molecular flexibility index (Phi) is 7.21. The second-order valence-corrected chi connectivity index (χ2v) is 6.10. The fourth-order valence-corrected chi connectivity index (χ4v) is 2.25. The van der Waals surface area contributed by atoms with E-state index in [4.69, 9.17) is 5.73 Å². The first kappa shape index (κ1) is 18.3. The maximum Gasteiger partial charge on any atom is 0.251 e. The molecule has 0 aromatic heterocycles. The molecule has 0 bridgehead atoms. The highest BCUT2D eigenvalue weighted by molar-refractivity contribution is 5.89. The lowest BCUT2D eigenvalue weighted by Gasteiger charge is -2.23. The lowest BCUT2D eigenvalue weighted by Crippen LogP contribution is -2.51. The number of benzene rings is 1. The van der Waals surface area contributed by atoms with Gasteiger partial charge in [-0.15, -0.1) is 0 Å². The van der Waals surface area contributed by atoms with Crippen LogP contribution in [0.4, 0.5) is 0 Å². The van der Waals surface area contributed by atoms with E-state index in [1.165, 1.54) is 6.92 Å². The van der Waals surface area contributed by atoms with Crippen molar-refractivity contribution in [2.75, 3.05) is 0 Å². The van der Waals surface area contributed by atoms with Crippen LogP contribution in [0.3, 0.4) is 0 Å². The molecule has 3 unspecified atom stereocenters. The van der Waals surface area contributed by atoms with E-state index in [2.05, 4.69) is 5.32 Å². The van der Waals surface area contributed by atoms with Crippen LogP contribution in [0.1, 0.15) is 32.8 Å². The average molecular weight is 306 g/mol. The zero-order valence-electron chi connectivity index (χ0n) is 13.5. The molecule has 0 saturated heterocycles. The molecular weight excluding hydrogens is 280 g/mol. The van der Waals surface area contributed by atoms with Crippen LogP contribution in [-0.2, 0) is 16.0 Å². The lowest BCUT2D eigenvalue weighted by molar-refractivity contribution is -0.134. The third kappa shape index (κ3) is 5.95. The topological polar surface area (TPSA) is 92.4 Å². The smallest absolute Gasteiger partial charge is 0.251 e. The van der Waals surface area contributed by atoms with Crippen molar-refractivity contribution in [1.29, 1.82) is 0 Å².